The first kappa shape index (κ1) is 15.7. The van der Waals surface area contributed by atoms with Crippen LogP contribution in [0.5, 0.6) is 0 Å². The van der Waals surface area contributed by atoms with Gasteiger partial charge in [-0.05, 0) is 17.7 Å². The number of hydrogen-bond acceptors (Lipinski definition) is 3. The Hall–Kier alpha value is -0.390. The van der Waals surface area contributed by atoms with Crippen molar-refractivity contribution < 1.29 is 9.50 Å². The van der Waals surface area contributed by atoms with E-state index >= 15 is 0 Å². The fraction of sp³-hybridized carbons (Fsp3) is 0.500. The molecule has 1 aromatic rings. The molecule has 0 aromatic heterocycles. The predicted octanol–water partition coefficient (Wildman–Crippen LogP) is 1.57. The third-order valence-corrected chi connectivity index (χ3v) is 3.31. The van der Waals surface area contributed by atoms with Crippen LogP contribution < -0.4 is 10.6 Å². The minimum Gasteiger partial charge on any atom is -0.391 e. The molecule has 1 aliphatic heterocycles. The minimum absolute atomic E-state index is 0. The highest BCUT2D eigenvalue weighted by atomic mass is 35.5. The molecule has 0 spiro atoms. The van der Waals surface area contributed by atoms with Crippen LogP contribution in [0.15, 0.2) is 18.2 Å². The van der Waals surface area contributed by atoms with Crippen molar-refractivity contribution in [3.63, 3.8) is 0 Å². The number of aliphatic hydroxyl groups is 1. The third-order valence-electron chi connectivity index (χ3n) is 3.02. The molecule has 0 radical (unpaired) electrons. The molecule has 6 heteroatoms. The van der Waals surface area contributed by atoms with E-state index in [1.165, 1.54) is 6.07 Å². The fourth-order valence-corrected chi connectivity index (χ4v) is 2.18. The topological polar surface area (TPSA) is 44.3 Å². The lowest BCUT2D eigenvalue weighted by atomic mass is 10.1. The molecule has 1 aliphatic rings. The van der Waals surface area contributed by atoms with E-state index < -0.39 is 5.82 Å². The van der Waals surface area contributed by atoms with E-state index in [-0.39, 0.29) is 29.5 Å². The van der Waals surface area contributed by atoms with Crippen LogP contribution in [0.4, 0.5) is 4.39 Å². The summed E-state index contributed by atoms with van der Waals surface area (Å²) in [5.74, 6) is -0.156. The highest BCUT2D eigenvalue weighted by Gasteiger charge is 2.23. The van der Waals surface area contributed by atoms with Gasteiger partial charge in [-0.1, -0.05) is 17.7 Å². The molecular weight excluding hydrogens is 278 g/mol. The lowest BCUT2D eigenvalue weighted by molar-refractivity contribution is 0.146. The number of benzene rings is 1. The monoisotopic (exact) mass is 294 g/mol. The van der Waals surface area contributed by atoms with Gasteiger partial charge in [-0.2, -0.15) is 0 Å². The molecule has 1 heterocycles. The van der Waals surface area contributed by atoms with Gasteiger partial charge in [0, 0.05) is 32.1 Å². The second-order valence-corrected chi connectivity index (χ2v) is 4.77. The molecule has 0 saturated carbocycles. The van der Waals surface area contributed by atoms with Crippen molar-refractivity contribution >= 4 is 24.0 Å². The van der Waals surface area contributed by atoms with Crippen molar-refractivity contribution in [3.05, 3.63) is 34.6 Å². The van der Waals surface area contributed by atoms with E-state index in [1.54, 1.807) is 12.1 Å². The third kappa shape index (κ3) is 4.07. The van der Waals surface area contributed by atoms with Crippen molar-refractivity contribution in [1.82, 2.24) is 10.6 Å². The Bertz CT molecular complexity index is 392. The number of halogens is 3. The van der Waals surface area contributed by atoms with Crippen molar-refractivity contribution in [2.75, 3.05) is 19.6 Å². The first-order valence-corrected chi connectivity index (χ1v) is 6.08. The van der Waals surface area contributed by atoms with Gasteiger partial charge in [-0.15, -0.1) is 12.4 Å². The molecule has 3 N–H and O–H groups in total. The molecular formula is C12H17Cl2FN2O. The molecule has 3 nitrogen and oxygen atoms in total. The Morgan fingerprint density at radius 1 is 1.44 bits per heavy atom. The second-order valence-electron chi connectivity index (χ2n) is 4.37. The minimum atomic E-state index is -0.397. The molecule has 0 amide bonds. The lowest BCUT2D eigenvalue weighted by Gasteiger charge is -2.14. The zero-order chi connectivity index (χ0) is 12.3. The van der Waals surface area contributed by atoms with Gasteiger partial charge in [0.15, 0.2) is 0 Å². The van der Waals surface area contributed by atoms with Gasteiger partial charge in [0.05, 0.1) is 11.1 Å². The Labute approximate surface area is 117 Å². The van der Waals surface area contributed by atoms with Gasteiger partial charge < -0.3 is 15.7 Å². The van der Waals surface area contributed by atoms with Crippen LogP contribution in [0, 0.1) is 11.7 Å². The average molecular weight is 295 g/mol. The van der Waals surface area contributed by atoms with E-state index in [1.807, 2.05) is 0 Å². The number of aliphatic hydroxyl groups excluding tert-OH is 1. The summed E-state index contributed by atoms with van der Waals surface area (Å²) in [5.41, 5.74) is 0.942. The summed E-state index contributed by atoms with van der Waals surface area (Å²) < 4.78 is 12.9. The summed E-state index contributed by atoms with van der Waals surface area (Å²) in [6, 6.07) is 4.69. The summed E-state index contributed by atoms with van der Waals surface area (Å²) in [4.78, 5) is 0. The van der Waals surface area contributed by atoms with Gasteiger partial charge in [-0.25, -0.2) is 4.39 Å². The summed E-state index contributed by atoms with van der Waals surface area (Å²) >= 11 is 5.69. The van der Waals surface area contributed by atoms with Crippen LogP contribution in [-0.4, -0.2) is 30.8 Å². The zero-order valence-electron chi connectivity index (χ0n) is 9.83. The van der Waals surface area contributed by atoms with E-state index in [2.05, 4.69) is 10.6 Å². The fourth-order valence-electron chi connectivity index (χ4n) is 1.98. The van der Waals surface area contributed by atoms with Gasteiger partial charge in [0.2, 0.25) is 0 Å². The van der Waals surface area contributed by atoms with E-state index in [9.17, 15) is 9.50 Å². The maximum atomic E-state index is 12.9. The number of β-amino-alcohol motifs (C(OH)–C–C–N with tert-alkyl or cyclic N) is 1. The van der Waals surface area contributed by atoms with Crippen molar-refractivity contribution in [3.8, 4) is 0 Å². The summed E-state index contributed by atoms with van der Waals surface area (Å²) in [5, 5.41) is 16.1. The van der Waals surface area contributed by atoms with Gasteiger partial charge >= 0.3 is 0 Å². The largest absolute Gasteiger partial charge is 0.391 e. The molecule has 0 bridgehead atoms. The molecule has 0 aliphatic carbocycles. The number of rotatable bonds is 4. The molecule has 1 fully saturated rings. The molecule has 102 valence electrons. The molecule has 18 heavy (non-hydrogen) atoms. The van der Waals surface area contributed by atoms with Crippen molar-refractivity contribution in [1.29, 1.82) is 0 Å². The number of hydrogen-bond donors (Lipinski definition) is 3. The van der Waals surface area contributed by atoms with Crippen LogP contribution >= 0.6 is 24.0 Å². The van der Waals surface area contributed by atoms with Gasteiger partial charge in [0.1, 0.15) is 5.82 Å². The van der Waals surface area contributed by atoms with Crippen LogP contribution in [0.2, 0.25) is 5.02 Å². The van der Waals surface area contributed by atoms with Crippen LogP contribution in [0.25, 0.3) is 0 Å². The quantitative estimate of drug-likeness (QED) is 0.790. The van der Waals surface area contributed by atoms with Crippen molar-refractivity contribution in [2.45, 2.75) is 12.6 Å². The predicted molar refractivity (Wildman–Crippen MR) is 72.7 cm³/mol. The zero-order valence-corrected chi connectivity index (χ0v) is 11.4. The lowest BCUT2D eigenvalue weighted by Crippen LogP contribution is -2.30. The Kier molecular flexibility index (Phi) is 6.32. The standard InChI is InChI=1S/C12H16ClFN2O.ClH/c13-10-3-8(1-2-11(10)14)4-15-5-9-6-16-7-12(9)17;/h1-3,9,12,15-17H,4-7H2;1H. The molecule has 1 saturated heterocycles. The first-order chi connectivity index (χ1) is 8.16. The highest BCUT2D eigenvalue weighted by molar-refractivity contribution is 6.30. The average Bonchev–Trinajstić information content (AvgIpc) is 2.70. The van der Waals surface area contributed by atoms with E-state index in [0.717, 1.165) is 18.7 Å². The Morgan fingerprint density at radius 2 is 2.22 bits per heavy atom. The summed E-state index contributed by atoms with van der Waals surface area (Å²) in [6.45, 7) is 2.86. The van der Waals surface area contributed by atoms with Crippen LogP contribution in [0.3, 0.4) is 0 Å². The van der Waals surface area contributed by atoms with Crippen LogP contribution in [0.1, 0.15) is 5.56 Å². The second kappa shape index (κ2) is 7.26. The maximum Gasteiger partial charge on any atom is 0.141 e. The number of nitrogens with one attached hydrogen (secondary N) is 2. The summed E-state index contributed by atoms with van der Waals surface area (Å²) in [7, 11) is 0. The maximum absolute atomic E-state index is 12.9. The Morgan fingerprint density at radius 3 is 2.83 bits per heavy atom. The molecule has 2 atom stereocenters. The first-order valence-electron chi connectivity index (χ1n) is 5.70. The molecule has 2 unspecified atom stereocenters. The highest BCUT2D eigenvalue weighted by Crippen LogP contribution is 2.16. The Balaban J connectivity index is 0.00000162. The van der Waals surface area contributed by atoms with E-state index in [0.29, 0.717) is 13.1 Å². The molecule has 1 aromatic carbocycles. The van der Waals surface area contributed by atoms with Crippen molar-refractivity contribution in [2.24, 2.45) is 5.92 Å². The normalized spacial score (nSPS) is 22.8. The van der Waals surface area contributed by atoms with Crippen LogP contribution in [-0.2, 0) is 6.54 Å². The van der Waals surface area contributed by atoms with Gasteiger partial charge in [0.25, 0.3) is 0 Å². The van der Waals surface area contributed by atoms with Gasteiger partial charge in [-0.3, -0.25) is 0 Å². The summed E-state index contributed by atoms with van der Waals surface area (Å²) in [6.07, 6.45) is -0.278. The SMILES string of the molecule is Cl.OC1CNCC1CNCc1ccc(F)c(Cl)c1. The molecule has 2 rings (SSSR count). The van der Waals surface area contributed by atoms with E-state index in [4.69, 9.17) is 11.6 Å². The smallest absolute Gasteiger partial charge is 0.141 e.